The van der Waals surface area contributed by atoms with E-state index in [-0.39, 0.29) is 9.15 Å². The molecule has 0 radical (unpaired) electrons. The molecule has 3 heteroatoms. The Hall–Kier alpha value is 0.630. The van der Waals surface area contributed by atoms with Crippen molar-refractivity contribution in [3.05, 3.63) is 0 Å². The summed E-state index contributed by atoms with van der Waals surface area (Å²) < 4.78 is -0.00637. The molecule has 0 aromatic rings. The zero-order valence-electron chi connectivity index (χ0n) is 5.44. The van der Waals surface area contributed by atoms with Gasteiger partial charge in [0.25, 0.3) is 0 Å². The second-order valence-corrected chi connectivity index (χ2v) is 6.81. The van der Waals surface area contributed by atoms with Gasteiger partial charge in [0.1, 0.15) is 5.78 Å². The number of fused-ring (bicyclic) bond motifs is 1. The average molecular weight is 268 g/mol. The Morgan fingerprint density at radius 1 is 1.50 bits per heavy atom. The Bertz CT molecular complexity index is 188. The molecule has 0 saturated heterocycles. The van der Waals surface area contributed by atoms with E-state index in [9.17, 15) is 4.79 Å². The lowest BCUT2D eigenvalue weighted by Crippen LogP contribution is -2.08. The molecule has 2 fully saturated rings. The highest BCUT2D eigenvalue weighted by molar-refractivity contribution is 9.25. The molecule has 2 aliphatic carbocycles. The van der Waals surface area contributed by atoms with E-state index in [1.165, 1.54) is 6.42 Å². The topological polar surface area (TPSA) is 17.1 Å². The van der Waals surface area contributed by atoms with Crippen LogP contribution in [-0.4, -0.2) is 9.02 Å². The molecule has 1 nitrogen and oxygen atoms in total. The first-order chi connectivity index (χ1) is 4.64. The van der Waals surface area contributed by atoms with Crippen LogP contribution in [0.25, 0.3) is 0 Å². The second kappa shape index (κ2) is 2.07. The number of ketones is 1. The Morgan fingerprint density at radius 2 is 2.20 bits per heavy atom. The van der Waals surface area contributed by atoms with Gasteiger partial charge in [-0.05, 0) is 18.8 Å². The molecular formula is C7H8Br2O. The number of hydrogen-bond donors (Lipinski definition) is 0. The number of halogens is 2. The van der Waals surface area contributed by atoms with E-state index >= 15 is 0 Å². The summed E-state index contributed by atoms with van der Waals surface area (Å²) in [5.41, 5.74) is 0. The number of carbonyl (C=O) groups is 1. The molecule has 0 aromatic heterocycles. The van der Waals surface area contributed by atoms with E-state index in [1.807, 2.05) is 0 Å². The van der Waals surface area contributed by atoms with Crippen LogP contribution in [0, 0.1) is 11.8 Å². The molecule has 0 aliphatic heterocycles. The fourth-order valence-corrected chi connectivity index (χ4v) is 3.71. The minimum atomic E-state index is -0.00637. The normalized spacial score (nSPS) is 42.8. The van der Waals surface area contributed by atoms with Crippen molar-refractivity contribution in [3.63, 3.8) is 0 Å². The summed E-state index contributed by atoms with van der Waals surface area (Å²) in [4.78, 5) is 11.2. The van der Waals surface area contributed by atoms with Crippen molar-refractivity contribution < 1.29 is 4.79 Å². The molecular weight excluding hydrogens is 260 g/mol. The van der Waals surface area contributed by atoms with Gasteiger partial charge in [-0.15, -0.1) is 0 Å². The molecule has 2 saturated carbocycles. The minimum Gasteiger partial charge on any atom is -0.299 e. The fraction of sp³-hybridized carbons (Fsp3) is 0.857. The highest BCUT2D eigenvalue weighted by Gasteiger charge is 2.65. The largest absolute Gasteiger partial charge is 0.299 e. The Kier molecular flexibility index (Phi) is 1.51. The van der Waals surface area contributed by atoms with Crippen molar-refractivity contribution in [1.82, 2.24) is 0 Å². The Morgan fingerprint density at radius 3 is 2.70 bits per heavy atom. The third-order valence-electron chi connectivity index (χ3n) is 2.49. The quantitative estimate of drug-likeness (QED) is 0.617. The van der Waals surface area contributed by atoms with Crippen LogP contribution in [0.15, 0.2) is 0 Å². The first-order valence-corrected chi connectivity index (χ1v) is 5.13. The predicted octanol–water partition coefficient (Wildman–Crippen LogP) is 2.47. The van der Waals surface area contributed by atoms with E-state index in [2.05, 4.69) is 31.9 Å². The van der Waals surface area contributed by atoms with Gasteiger partial charge in [0, 0.05) is 12.3 Å². The van der Waals surface area contributed by atoms with Crippen LogP contribution >= 0.6 is 31.9 Å². The molecule has 0 heterocycles. The van der Waals surface area contributed by atoms with Crippen LogP contribution in [-0.2, 0) is 4.79 Å². The van der Waals surface area contributed by atoms with Gasteiger partial charge in [-0.25, -0.2) is 0 Å². The standard InChI is InChI=1S/C7H8Br2O/c8-7(9)4-2-1-3-5(10)6(4)7/h4,6H,1-3H2/t4-,6-/m1/s1. The maximum atomic E-state index is 11.2. The fourth-order valence-electron chi connectivity index (χ4n) is 1.84. The van der Waals surface area contributed by atoms with E-state index < -0.39 is 0 Å². The van der Waals surface area contributed by atoms with Gasteiger partial charge in [0.05, 0.1) is 3.23 Å². The van der Waals surface area contributed by atoms with Crippen molar-refractivity contribution in [1.29, 1.82) is 0 Å². The Balaban J connectivity index is 2.18. The summed E-state index contributed by atoms with van der Waals surface area (Å²) in [6, 6.07) is 0. The van der Waals surface area contributed by atoms with Gasteiger partial charge in [-0.1, -0.05) is 31.9 Å². The smallest absolute Gasteiger partial charge is 0.138 e. The van der Waals surface area contributed by atoms with E-state index in [1.54, 1.807) is 0 Å². The van der Waals surface area contributed by atoms with Gasteiger partial charge in [-0.3, -0.25) is 4.79 Å². The molecule has 2 aliphatic rings. The highest BCUT2D eigenvalue weighted by Crippen LogP contribution is 2.66. The molecule has 10 heavy (non-hydrogen) atoms. The van der Waals surface area contributed by atoms with E-state index in [4.69, 9.17) is 0 Å². The summed E-state index contributed by atoms with van der Waals surface area (Å²) in [5, 5.41) is 0. The maximum Gasteiger partial charge on any atom is 0.138 e. The average Bonchev–Trinajstić information content (AvgIpc) is 2.38. The molecule has 2 rings (SSSR count). The van der Waals surface area contributed by atoms with Crippen LogP contribution in [0.2, 0.25) is 0 Å². The number of hydrogen-bond acceptors (Lipinski definition) is 1. The second-order valence-electron chi connectivity index (χ2n) is 3.12. The van der Waals surface area contributed by atoms with Crippen molar-refractivity contribution in [2.75, 3.05) is 0 Å². The summed E-state index contributed by atoms with van der Waals surface area (Å²) in [6.07, 6.45) is 3.08. The SMILES string of the molecule is O=C1CCC[C@@H]2[C@H]1C2(Br)Br. The van der Waals surface area contributed by atoms with Gasteiger partial charge in [0.15, 0.2) is 0 Å². The van der Waals surface area contributed by atoms with Gasteiger partial charge in [-0.2, -0.15) is 0 Å². The lowest BCUT2D eigenvalue weighted by atomic mass is 10.00. The van der Waals surface area contributed by atoms with Crippen molar-refractivity contribution in [3.8, 4) is 0 Å². The maximum absolute atomic E-state index is 11.2. The molecule has 56 valence electrons. The summed E-state index contributed by atoms with van der Waals surface area (Å²) in [7, 11) is 0. The van der Waals surface area contributed by atoms with E-state index in [0.717, 1.165) is 12.8 Å². The minimum absolute atomic E-state index is 0.00637. The van der Waals surface area contributed by atoms with Gasteiger partial charge < -0.3 is 0 Å². The van der Waals surface area contributed by atoms with Crippen LogP contribution in [0.4, 0.5) is 0 Å². The zero-order valence-corrected chi connectivity index (χ0v) is 8.61. The molecule has 0 bridgehead atoms. The van der Waals surface area contributed by atoms with Crippen LogP contribution in [0.5, 0.6) is 0 Å². The predicted molar refractivity (Wildman–Crippen MR) is 46.4 cm³/mol. The van der Waals surface area contributed by atoms with E-state index in [0.29, 0.717) is 11.7 Å². The number of rotatable bonds is 0. The molecule has 0 N–H and O–H groups in total. The third kappa shape index (κ3) is 0.828. The van der Waals surface area contributed by atoms with Gasteiger partial charge >= 0.3 is 0 Å². The van der Waals surface area contributed by atoms with Crippen LogP contribution in [0.1, 0.15) is 19.3 Å². The third-order valence-corrected chi connectivity index (χ3v) is 4.65. The molecule has 0 amide bonds. The zero-order chi connectivity index (χ0) is 7.35. The van der Waals surface area contributed by atoms with Crippen molar-refractivity contribution >= 4 is 37.6 Å². The first kappa shape index (κ1) is 7.29. The highest BCUT2D eigenvalue weighted by atomic mass is 79.9. The van der Waals surface area contributed by atoms with Crippen LogP contribution < -0.4 is 0 Å². The van der Waals surface area contributed by atoms with Crippen molar-refractivity contribution in [2.24, 2.45) is 11.8 Å². The Labute approximate surface area is 76.8 Å². The lowest BCUT2D eigenvalue weighted by molar-refractivity contribution is -0.121. The molecule has 0 unspecified atom stereocenters. The summed E-state index contributed by atoms with van der Waals surface area (Å²) in [6.45, 7) is 0. The summed E-state index contributed by atoms with van der Waals surface area (Å²) in [5.74, 6) is 1.29. The molecule has 0 aromatic carbocycles. The number of carbonyl (C=O) groups excluding carboxylic acids is 1. The van der Waals surface area contributed by atoms with Gasteiger partial charge in [0.2, 0.25) is 0 Å². The summed E-state index contributed by atoms with van der Waals surface area (Å²) >= 11 is 7.03. The number of alkyl halides is 2. The van der Waals surface area contributed by atoms with Crippen LogP contribution in [0.3, 0.4) is 0 Å². The first-order valence-electron chi connectivity index (χ1n) is 3.54. The molecule has 0 spiro atoms. The molecule has 2 atom stereocenters. The van der Waals surface area contributed by atoms with Crippen molar-refractivity contribution in [2.45, 2.75) is 22.5 Å². The number of Topliss-reactive ketones (excluding diaryl/α,β-unsaturated/α-hetero) is 1. The lowest BCUT2D eigenvalue weighted by Gasteiger charge is -2.03. The monoisotopic (exact) mass is 266 g/mol.